The molecule has 0 atom stereocenters. The van der Waals surface area contributed by atoms with Crippen molar-refractivity contribution in [2.75, 3.05) is 6.61 Å². The number of ether oxygens (including phenoxy) is 1. The van der Waals surface area contributed by atoms with E-state index in [9.17, 15) is 4.79 Å². The summed E-state index contributed by atoms with van der Waals surface area (Å²) in [5, 5.41) is 11.9. The van der Waals surface area contributed by atoms with Crippen molar-refractivity contribution < 1.29 is 9.53 Å². The molecule has 0 aliphatic heterocycles. The molecule has 0 aromatic heterocycles. The normalized spacial score (nSPS) is 18.9. The van der Waals surface area contributed by atoms with Crippen molar-refractivity contribution in [2.45, 2.75) is 51.5 Å². The molecule has 0 spiro atoms. The molecule has 16 heavy (non-hydrogen) atoms. The van der Waals surface area contributed by atoms with Crippen LogP contribution < -0.4 is 5.32 Å². The maximum Gasteiger partial charge on any atom is 0.408 e. The molecule has 1 saturated carbocycles. The second kappa shape index (κ2) is 5.74. The molecule has 0 saturated heterocycles. The minimum Gasteiger partial charge on any atom is -0.449 e. The fourth-order valence-corrected chi connectivity index (χ4v) is 1.89. The zero-order valence-corrected chi connectivity index (χ0v) is 10.1. The van der Waals surface area contributed by atoms with Gasteiger partial charge in [0.2, 0.25) is 0 Å². The van der Waals surface area contributed by atoms with Gasteiger partial charge in [-0.05, 0) is 18.8 Å². The Hall–Kier alpha value is -1.24. The molecule has 90 valence electrons. The van der Waals surface area contributed by atoms with Gasteiger partial charge in [-0.3, -0.25) is 0 Å². The second-order valence-electron chi connectivity index (χ2n) is 4.87. The minimum atomic E-state index is -0.688. The Morgan fingerprint density at radius 1 is 1.44 bits per heavy atom. The third-order valence-corrected chi connectivity index (χ3v) is 2.81. The Balaban J connectivity index is 2.43. The molecule has 1 aliphatic rings. The number of alkyl carbamates (subject to hydrolysis) is 1. The van der Waals surface area contributed by atoms with Crippen LogP contribution in [0.15, 0.2) is 0 Å². The van der Waals surface area contributed by atoms with Gasteiger partial charge in [-0.2, -0.15) is 5.26 Å². The van der Waals surface area contributed by atoms with Crippen molar-refractivity contribution in [3.05, 3.63) is 0 Å². The smallest absolute Gasteiger partial charge is 0.408 e. The molecular weight excluding hydrogens is 204 g/mol. The first-order chi connectivity index (χ1) is 7.58. The summed E-state index contributed by atoms with van der Waals surface area (Å²) < 4.78 is 5.03. The van der Waals surface area contributed by atoms with Gasteiger partial charge in [0.25, 0.3) is 0 Å². The number of rotatable bonds is 3. The zero-order valence-electron chi connectivity index (χ0n) is 10.1. The van der Waals surface area contributed by atoms with Crippen LogP contribution in [-0.4, -0.2) is 18.2 Å². The maximum atomic E-state index is 11.5. The van der Waals surface area contributed by atoms with Gasteiger partial charge in [0.15, 0.2) is 0 Å². The number of hydrogen-bond donors (Lipinski definition) is 1. The average Bonchev–Trinajstić information content (AvgIpc) is 2.28. The maximum absolute atomic E-state index is 11.5. The Morgan fingerprint density at radius 2 is 2.06 bits per heavy atom. The van der Waals surface area contributed by atoms with E-state index in [0.717, 1.165) is 32.1 Å². The van der Waals surface area contributed by atoms with Gasteiger partial charge in [-0.25, -0.2) is 4.79 Å². The molecule has 1 amide bonds. The highest BCUT2D eigenvalue weighted by Gasteiger charge is 2.34. The third kappa shape index (κ3) is 3.73. The van der Waals surface area contributed by atoms with E-state index < -0.39 is 11.6 Å². The molecular formula is C12H20N2O2. The van der Waals surface area contributed by atoms with Crippen molar-refractivity contribution in [3.8, 4) is 6.07 Å². The van der Waals surface area contributed by atoms with Crippen LogP contribution in [0.4, 0.5) is 4.79 Å². The number of nitriles is 1. The monoisotopic (exact) mass is 224 g/mol. The Kier molecular flexibility index (Phi) is 4.60. The van der Waals surface area contributed by atoms with Crippen LogP contribution in [0, 0.1) is 17.2 Å². The number of nitrogens with one attached hydrogen (secondary N) is 1. The van der Waals surface area contributed by atoms with Crippen LogP contribution in [-0.2, 0) is 4.74 Å². The minimum absolute atomic E-state index is 0.315. The lowest BCUT2D eigenvalue weighted by molar-refractivity contribution is 0.121. The number of carbonyl (C=O) groups is 1. The molecule has 4 nitrogen and oxygen atoms in total. The standard InChI is InChI=1S/C12H20N2O2/c1-10(2)8-16-11(15)14-12(9-13)6-4-3-5-7-12/h10H,3-8H2,1-2H3,(H,14,15). The zero-order chi connectivity index (χ0) is 12.0. The highest BCUT2D eigenvalue weighted by molar-refractivity contribution is 5.69. The first-order valence-electron chi connectivity index (χ1n) is 5.94. The van der Waals surface area contributed by atoms with Crippen LogP contribution in [0.25, 0.3) is 0 Å². The molecule has 0 radical (unpaired) electrons. The predicted molar refractivity (Wildman–Crippen MR) is 60.8 cm³/mol. The summed E-state index contributed by atoms with van der Waals surface area (Å²) in [7, 11) is 0. The van der Waals surface area contributed by atoms with Crippen LogP contribution >= 0.6 is 0 Å². The lowest BCUT2D eigenvalue weighted by Crippen LogP contribution is -2.49. The molecule has 1 rings (SSSR count). The molecule has 1 aliphatic carbocycles. The quantitative estimate of drug-likeness (QED) is 0.801. The summed E-state index contributed by atoms with van der Waals surface area (Å²) in [6.45, 7) is 4.36. The van der Waals surface area contributed by atoms with Crippen molar-refractivity contribution in [1.82, 2.24) is 5.32 Å². The molecule has 4 heteroatoms. The van der Waals surface area contributed by atoms with Crippen LogP contribution in [0.3, 0.4) is 0 Å². The number of amides is 1. The Bertz CT molecular complexity index is 275. The Morgan fingerprint density at radius 3 is 2.56 bits per heavy atom. The van der Waals surface area contributed by atoms with Gasteiger partial charge < -0.3 is 10.1 Å². The average molecular weight is 224 g/mol. The van der Waals surface area contributed by atoms with E-state index in [1.165, 1.54) is 0 Å². The van der Waals surface area contributed by atoms with E-state index in [4.69, 9.17) is 10.00 Å². The van der Waals surface area contributed by atoms with Crippen LogP contribution in [0.5, 0.6) is 0 Å². The van der Waals surface area contributed by atoms with Gasteiger partial charge in [0.05, 0.1) is 12.7 Å². The van der Waals surface area contributed by atoms with E-state index in [-0.39, 0.29) is 0 Å². The highest BCUT2D eigenvalue weighted by atomic mass is 16.5. The van der Waals surface area contributed by atoms with Gasteiger partial charge in [0, 0.05) is 0 Å². The molecule has 0 aromatic carbocycles. The largest absolute Gasteiger partial charge is 0.449 e. The van der Waals surface area contributed by atoms with Gasteiger partial charge in [-0.15, -0.1) is 0 Å². The van der Waals surface area contributed by atoms with Gasteiger partial charge in [-0.1, -0.05) is 33.1 Å². The summed E-state index contributed by atoms with van der Waals surface area (Å²) in [5.41, 5.74) is -0.688. The van der Waals surface area contributed by atoms with Gasteiger partial charge in [0.1, 0.15) is 5.54 Å². The molecule has 0 bridgehead atoms. The fourth-order valence-electron chi connectivity index (χ4n) is 1.89. The topological polar surface area (TPSA) is 62.1 Å². The first-order valence-corrected chi connectivity index (χ1v) is 5.94. The van der Waals surface area contributed by atoms with Gasteiger partial charge >= 0.3 is 6.09 Å². The third-order valence-electron chi connectivity index (χ3n) is 2.81. The molecule has 1 N–H and O–H groups in total. The van der Waals surface area contributed by atoms with Crippen LogP contribution in [0.2, 0.25) is 0 Å². The van der Waals surface area contributed by atoms with E-state index in [0.29, 0.717) is 12.5 Å². The van der Waals surface area contributed by atoms with Crippen molar-refractivity contribution in [3.63, 3.8) is 0 Å². The molecule has 1 fully saturated rings. The summed E-state index contributed by atoms with van der Waals surface area (Å²) in [6.07, 6.45) is 4.15. The molecule has 0 unspecified atom stereocenters. The Labute approximate surface area is 97.0 Å². The van der Waals surface area contributed by atoms with E-state index in [1.807, 2.05) is 13.8 Å². The summed E-state index contributed by atoms with van der Waals surface area (Å²) in [5.74, 6) is 0.315. The lowest BCUT2D eigenvalue weighted by Gasteiger charge is -2.31. The van der Waals surface area contributed by atoms with Crippen molar-refractivity contribution >= 4 is 6.09 Å². The summed E-state index contributed by atoms with van der Waals surface area (Å²) in [4.78, 5) is 11.5. The highest BCUT2D eigenvalue weighted by Crippen LogP contribution is 2.27. The van der Waals surface area contributed by atoms with Crippen LogP contribution in [0.1, 0.15) is 46.0 Å². The predicted octanol–water partition coefficient (Wildman–Crippen LogP) is 2.60. The van der Waals surface area contributed by atoms with E-state index in [2.05, 4.69) is 11.4 Å². The first kappa shape index (κ1) is 12.8. The summed E-state index contributed by atoms with van der Waals surface area (Å²) >= 11 is 0. The van der Waals surface area contributed by atoms with Crippen molar-refractivity contribution in [1.29, 1.82) is 5.26 Å². The van der Waals surface area contributed by atoms with E-state index >= 15 is 0 Å². The number of nitrogens with zero attached hydrogens (tertiary/aromatic N) is 1. The second-order valence-corrected chi connectivity index (χ2v) is 4.87. The summed E-state index contributed by atoms with van der Waals surface area (Å²) in [6, 6.07) is 2.22. The van der Waals surface area contributed by atoms with Crippen molar-refractivity contribution in [2.24, 2.45) is 5.92 Å². The molecule has 0 aromatic rings. The number of hydrogen-bond acceptors (Lipinski definition) is 3. The lowest BCUT2D eigenvalue weighted by atomic mass is 9.83. The van der Waals surface area contributed by atoms with E-state index in [1.54, 1.807) is 0 Å². The number of carbonyl (C=O) groups excluding carboxylic acids is 1. The molecule has 0 heterocycles. The SMILES string of the molecule is CC(C)COC(=O)NC1(C#N)CCCCC1. The fraction of sp³-hybridized carbons (Fsp3) is 0.833.